The predicted molar refractivity (Wildman–Crippen MR) is 105 cm³/mol. The largest absolute Gasteiger partial charge is 0.493 e. The lowest BCUT2D eigenvalue weighted by Gasteiger charge is -2.12. The molecule has 2 aromatic rings. The van der Waals surface area contributed by atoms with E-state index in [1.807, 2.05) is 6.92 Å². The number of hydrazone groups is 1. The van der Waals surface area contributed by atoms with Gasteiger partial charge in [0, 0.05) is 10.6 Å². The molecule has 7 heteroatoms. The van der Waals surface area contributed by atoms with Gasteiger partial charge in [-0.15, -0.1) is 0 Å². The molecular weight excluding hydrogens is 368 g/mol. The Balaban J connectivity index is 1.99. The summed E-state index contributed by atoms with van der Waals surface area (Å²) < 4.78 is 5.59. The van der Waals surface area contributed by atoms with E-state index in [-0.39, 0.29) is 11.5 Å². The van der Waals surface area contributed by atoms with Crippen LogP contribution in [-0.4, -0.2) is 29.3 Å². The maximum absolute atomic E-state index is 12.9. The van der Waals surface area contributed by atoms with E-state index in [9.17, 15) is 9.59 Å². The molecule has 6 nitrogen and oxygen atoms in total. The number of anilines is 1. The fourth-order valence-electron chi connectivity index (χ4n) is 2.70. The van der Waals surface area contributed by atoms with Crippen molar-refractivity contribution in [1.29, 1.82) is 0 Å². The quantitative estimate of drug-likeness (QED) is 0.782. The van der Waals surface area contributed by atoms with E-state index in [0.717, 1.165) is 0 Å². The van der Waals surface area contributed by atoms with Crippen LogP contribution in [0.4, 0.5) is 5.69 Å². The van der Waals surface area contributed by atoms with Crippen molar-refractivity contribution in [2.24, 2.45) is 5.10 Å². The number of hydrogen-bond donors (Lipinski definition) is 1. The summed E-state index contributed by atoms with van der Waals surface area (Å²) in [7, 11) is 0. The number of halogens is 1. The molecule has 2 aromatic carbocycles. The van der Waals surface area contributed by atoms with Gasteiger partial charge in [0.2, 0.25) is 0 Å². The van der Waals surface area contributed by atoms with Gasteiger partial charge in [-0.05, 0) is 56.3 Å². The lowest BCUT2D eigenvalue weighted by atomic mass is 10.1. The van der Waals surface area contributed by atoms with Gasteiger partial charge in [0.05, 0.1) is 29.1 Å². The number of carbonyl (C=O) groups excluding carboxylic acids is 1. The molecule has 1 heterocycles. The second-order valence-electron chi connectivity index (χ2n) is 5.83. The molecule has 0 saturated heterocycles. The minimum absolute atomic E-state index is 0.0825. The molecule has 1 aliphatic rings. The molecule has 27 heavy (non-hydrogen) atoms. The molecule has 0 fully saturated rings. The first kappa shape index (κ1) is 18.7. The van der Waals surface area contributed by atoms with Crippen LogP contribution in [0.3, 0.4) is 0 Å². The Labute approximate surface area is 161 Å². The molecular formula is C20H17ClN2O4. The summed E-state index contributed by atoms with van der Waals surface area (Å²) in [6.45, 7) is 4.07. The lowest BCUT2D eigenvalue weighted by molar-refractivity contribution is -0.114. The van der Waals surface area contributed by atoms with Crippen LogP contribution < -0.4 is 9.75 Å². The first-order chi connectivity index (χ1) is 12.9. The smallest absolute Gasteiger partial charge is 0.335 e. The summed E-state index contributed by atoms with van der Waals surface area (Å²) in [4.78, 5) is 24.1. The maximum atomic E-state index is 12.9. The van der Waals surface area contributed by atoms with Crippen molar-refractivity contribution in [3.8, 4) is 5.75 Å². The van der Waals surface area contributed by atoms with E-state index in [2.05, 4.69) is 5.10 Å². The number of carbonyl (C=O) groups is 2. The summed E-state index contributed by atoms with van der Waals surface area (Å²) in [6.07, 6.45) is 1.68. The highest BCUT2D eigenvalue weighted by atomic mass is 35.5. The lowest BCUT2D eigenvalue weighted by Crippen LogP contribution is -2.21. The Morgan fingerprint density at radius 2 is 2.07 bits per heavy atom. The topological polar surface area (TPSA) is 79.2 Å². The number of benzene rings is 2. The number of nitrogens with zero attached hydrogens (tertiary/aromatic N) is 2. The molecule has 0 spiro atoms. The van der Waals surface area contributed by atoms with Crippen LogP contribution in [0.1, 0.15) is 29.8 Å². The van der Waals surface area contributed by atoms with Gasteiger partial charge in [-0.1, -0.05) is 17.7 Å². The van der Waals surface area contributed by atoms with E-state index in [1.165, 1.54) is 17.1 Å². The molecule has 0 unspecified atom stereocenters. The average Bonchev–Trinajstić information content (AvgIpc) is 2.92. The number of amides is 1. The zero-order chi connectivity index (χ0) is 19.6. The zero-order valence-corrected chi connectivity index (χ0v) is 15.5. The number of aromatic carboxylic acids is 1. The molecule has 1 N–H and O–H groups in total. The van der Waals surface area contributed by atoms with E-state index in [0.29, 0.717) is 39.9 Å². The van der Waals surface area contributed by atoms with E-state index in [1.54, 1.807) is 43.3 Å². The van der Waals surface area contributed by atoms with Gasteiger partial charge in [-0.2, -0.15) is 10.1 Å². The van der Waals surface area contributed by atoms with E-state index in [4.69, 9.17) is 21.4 Å². The van der Waals surface area contributed by atoms with Crippen molar-refractivity contribution in [3.63, 3.8) is 0 Å². The van der Waals surface area contributed by atoms with E-state index >= 15 is 0 Å². The van der Waals surface area contributed by atoms with Crippen LogP contribution in [0.5, 0.6) is 5.75 Å². The van der Waals surface area contributed by atoms with Crippen LogP contribution >= 0.6 is 11.6 Å². The van der Waals surface area contributed by atoms with Crippen LogP contribution in [-0.2, 0) is 4.79 Å². The van der Waals surface area contributed by atoms with Gasteiger partial charge in [-0.3, -0.25) is 4.79 Å². The summed E-state index contributed by atoms with van der Waals surface area (Å²) in [6, 6.07) is 11.3. The number of hydrogen-bond acceptors (Lipinski definition) is 4. The number of carboxylic acid groups (broad SMARTS) is 1. The van der Waals surface area contributed by atoms with Gasteiger partial charge in [0.25, 0.3) is 5.91 Å². The van der Waals surface area contributed by atoms with Gasteiger partial charge >= 0.3 is 5.97 Å². The minimum Gasteiger partial charge on any atom is -0.493 e. The molecule has 0 aliphatic carbocycles. The van der Waals surface area contributed by atoms with Crippen molar-refractivity contribution < 1.29 is 19.4 Å². The Morgan fingerprint density at radius 1 is 1.30 bits per heavy atom. The molecule has 0 aromatic heterocycles. The monoisotopic (exact) mass is 384 g/mol. The fourth-order valence-corrected chi connectivity index (χ4v) is 2.89. The molecule has 3 rings (SSSR count). The number of carboxylic acids is 1. The predicted octanol–water partition coefficient (Wildman–Crippen LogP) is 4.24. The molecule has 0 saturated carbocycles. The zero-order valence-electron chi connectivity index (χ0n) is 14.8. The third-order valence-corrected chi connectivity index (χ3v) is 4.21. The summed E-state index contributed by atoms with van der Waals surface area (Å²) in [5.74, 6) is -0.806. The average molecular weight is 385 g/mol. The first-order valence-corrected chi connectivity index (χ1v) is 8.66. The Kier molecular flexibility index (Phi) is 5.28. The van der Waals surface area contributed by atoms with Gasteiger partial charge in [-0.25, -0.2) is 4.79 Å². The minimum atomic E-state index is -1.07. The summed E-state index contributed by atoms with van der Waals surface area (Å²) >= 11 is 6.08. The number of ether oxygens (including phenoxy) is 1. The second-order valence-corrected chi connectivity index (χ2v) is 6.27. The molecule has 138 valence electrons. The molecule has 0 atom stereocenters. The van der Waals surface area contributed by atoms with Crippen molar-refractivity contribution in [2.75, 3.05) is 11.6 Å². The van der Waals surface area contributed by atoms with E-state index < -0.39 is 5.97 Å². The Morgan fingerprint density at radius 3 is 2.78 bits per heavy atom. The van der Waals surface area contributed by atoms with Crippen LogP contribution in [0.2, 0.25) is 5.02 Å². The van der Waals surface area contributed by atoms with Crippen LogP contribution in [0, 0.1) is 0 Å². The summed E-state index contributed by atoms with van der Waals surface area (Å²) in [5, 5.41) is 15.1. The third-order valence-electron chi connectivity index (χ3n) is 3.97. The molecule has 0 bridgehead atoms. The van der Waals surface area contributed by atoms with Crippen molar-refractivity contribution in [3.05, 3.63) is 64.2 Å². The summed E-state index contributed by atoms with van der Waals surface area (Å²) in [5.41, 5.74) is 2.04. The van der Waals surface area contributed by atoms with Crippen molar-refractivity contribution >= 4 is 41.0 Å². The maximum Gasteiger partial charge on any atom is 0.335 e. The standard InChI is InChI=1S/C20H17ClN2O4/c1-3-27-18-8-7-15(21)9-14(18)11-17-12(2)22-23(19(17)24)16-6-4-5-13(10-16)20(25)26/h4-11H,3H2,1-2H3,(H,25,26)/b17-11-. The Hall–Kier alpha value is -3.12. The second kappa shape index (κ2) is 7.63. The van der Waals surface area contributed by atoms with Gasteiger partial charge < -0.3 is 9.84 Å². The highest BCUT2D eigenvalue weighted by molar-refractivity contribution is 6.33. The van der Waals surface area contributed by atoms with Gasteiger partial charge in [0.15, 0.2) is 0 Å². The normalized spacial score (nSPS) is 15.2. The van der Waals surface area contributed by atoms with Gasteiger partial charge in [0.1, 0.15) is 5.75 Å². The third kappa shape index (κ3) is 3.85. The fraction of sp³-hybridized carbons (Fsp3) is 0.150. The Bertz CT molecular complexity index is 982. The van der Waals surface area contributed by atoms with Crippen LogP contribution in [0.25, 0.3) is 6.08 Å². The van der Waals surface area contributed by atoms with Crippen molar-refractivity contribution in [1.82, 2.24) is 0 Å². The first-order valence-electron chi connectivity index (χ1n) is 8.28. The molecule has 0 radical (unpaired) electrons. The molecule has 1 aliphatic heterocycles. The SMILES string of the molecule is CCOc1ccc(Cl)cc1/C=C1\C(=O)N(c2cccc(C(=O)O)c2)N=C1C. The highest BCUT2D eigenvalue weighted by Gasteiger charge is 2.29. The van der Waals surface area contributed by atoms with Crippen molar-refractivity contribution in [2.45, 2.75) is 13.8 Å². The molecule has 1 amide bonds. The highest BCUT2D eigenvalue weighted by Crippen LogP contribution is 2.29. The number of rotatable bonds is 5. The van der Waals surface area contributed by atoms with Crippen LogP contribution in [0.15, 0.2) is 53.1 Å².